The number of aromatic nitrogens is 1. The molecule has 1 aromatic heterocycles. The molecule has 0 bridgehead atoms. The van der Waals surface area contributed by atoms with Gasteiger partial charge in [-0.15, -0.1) is 0 Å². The van der Waals surface area contributed by atoms with E-state index in [-0.39, 0.29) is 6.61 Å². The van der Waals surface area contributed by atoms with Gasteiger partial charge in [-0.25, -0.2) is 0 Å². The second-order valence-electron chi connectivity index (χ2n) is 2.60. The first-order valence-corrected chi connectivity index (χ1v) is 3.93. The Morgan fingerprint density at radius 2 is 2.33 bits per heavy atom. The highest BCUT2D eigenvalue weighted by Crippen LogP contribution is 1.99. The second-order valence-corrected chi connectivity index (χ2v) is 2.60. The van der Waals surface area contributed by atoms with Crippen LogP contribution in [0, 0.1) is 6.92 Å². The van der Waals surface area contributed by atoms with E-state index >= 15 is 0 Å². The van der Waals surface area contributed by atoms with Crippen LogP contribution in [-0.4, -0.2) is 23.3 Å². The number of hydrogen-bond donors (Lipinski definition) is 1. The number of pyridine rings is 1. The Labute approximate surface area is 72.0 Å². The maximum absolute atomic E-state index is 8.44. The lowest BCUT2D eigenvalue weighted by Crippen LogP contribution is -2.00. The number of nitrogens with zero attached hydrogens (tertiary/aromatic N) is 1. The number of hydrogen-bond acceptors (Lipinski definition) is 3. The Balaban J connectivity index is 2.37. The standard InChI is InChI=1S/C9H13NO2/c1-8-2-3-9(10-6-8)7-12-5-4-11/h2-3,6,11H,4-5,7H2,1H3. The predicted molar refractivity (Wildman–Crippen MR) is 45.7 cm³/mol. The van der Waals surface area contributed by atoms with Crippen molar-refractivity contribution in [2.75, 3.05) is 13.2 Å². The Morgan fingerprint density at radius 3 is 2.92 bits per heavy atom. The topological polar surface area (TPSA) is 42.4 Å². The molecule has 0 fully saturated rings. The summed E-state index contributed by atoms with van der Waals surface area (Å²) in [6.07, 6.45) is 1.80. The van der Waals surface area contributed by atoms with Crippen LogP contribution in [0.15, 0.2) is 18.3 Å². The highest BCUT2D eigenvalue weighted by atomic mass is 16.5. The Bertz CT molecular complexity index is 220. The zero-order chi connectivity index (χ0) is 8.81. The molecule has 1 aromatic rings. The molecule has 0 aliphatic carbocycles. The van der Waals surface area contributed by atoms with Gasteiger partial charge in [0, 0.05) is 6.20 Å². The molecule has 0 aromatic carbocycles. The smallest absolute Gasteiger partial charge is 0.0889 e. The van der Waals surface area contributed by atoms with E-state index in [1.165, 1.54) is 0 Å². The highest BCUT2D eigenvalue weighted by Gasteiger charge is 1.92. The van der Waals surface area contributed by atoms with E-state index < -0.39 is 0 Å². The summed E-state index contributed by atoms with van der Waals surface area (Å²) < 4.78 is 5.10. The van der Waals surface area contributed by atoms with Crippen LogP contribution in [0.2, 0.25) is 0 Å². The quantitative estimate of drug-likeness (QED) is 0.677. The maximum atomic E-state index is 8.44. The number of ether oxygens (including phenoxy) is 1. The highest BCUT2D eigenvalue weighted by molar-refractivity contribution is 5.11. The summed E-state index contributed by atoms with van der Waals surface area (Å²) in [7, 11) is 0. The lowest BCUT2D eigenvalue weighted by Gasteiger charge is -2.01. The molecule has 66 valence electrons. The van der Waals surface area contributed by atoms with E-state index in [9.17, 15) is 0 Å². The predicted octanol–water partition coefficient (Wildman–Crippen LogP) is 0.899. The maximum Gasteiger partial charge on any atom is 0.0889 e. The van der Waals surface area contributed by atoms with Crippen molar-refractivity contribution in [1.82, 2.24) is 4.98 Å². The van der Waals surface area contributed by atoms with Gasteiger partial charge in [-0.3, -0.25) is 4.98 Å². The van der Waals surface area contributed by atoms with Crippen molar-refractivity contribution in [3.8, 4) is 0 Å². The molecule has 3 nitrogen and oxygen atoms in total. The SMILES string of the molecule is Cc1ccc(COCCO)nc1. The number of aliphatic hydroxyl groups is 1. The average Bonchev–Trinajstić information content (AvgIpc) is 2.09. The van der Waals surface area contributed by atoms with Crippen molar-refractivity contribution in [2.45, 2.75) is 13.5 Å². The van der Waals surface area contributed by atoms with Gasteiger partial charge in [0.25, 0.3) is 0 Å². The third-order valence-corrected chi connectivity index (χ3v) is 1.46. The number of aliphatic hydroxyl groups excluding tert-OH is 1. The molecule has 12 heavy (non-hydrogen) atoms. The second kappa shape index (κ2) is 4.85. The van der Waals surface area contributed by atoms with Crippen molar-refractivity contribution in [3.05, 3.63) is 29.6 Å². The zero-order valence-corrected chi connectivity index (χ0v) is 7.16. The van der Waals surface area contributed by atoms with Gasteiger partial charge in [-0.1, -0.05) is 6.07 Å². The fraction of sp³-hybridized carbons (Fsp3) is 0.444. The number of aryl methyl sites for hydroxylation is 1. The molecule has 0 amide bonds. The molecule has 3 heteroatoms. The van der Waals surface area contributed by atoms with Crippen molar-refractivity contribution in [3.63, 3.8) is 0 Å². The van der Waals surface area contributed by atoms with E-state index in [0.717, 1.165) is 11.3 Å². The van der Waals surface area contributed by atoms with Crippen LogP contribution in [-0.2, 0) is 11.3 Å². The lowest BCUT2D eigenvalue weighted by atomic mass is 10.3. The van der Waals surface area contributed by atoms with E-state index in [2.05, 4.69) is 4.98 Å². The van der Waals surface area contributed by atoms with Gasteiger partial charge in [0.05, 0.1) is 25.5 Å². The third-order valence-electron chi connectivity index (χ3n) is 1.46. The summed E-state index contributed by atoms with van der Waals surface area (Å²) in [6.45, 7) is 2.90. The molecule has 0 aliphatic rings. The first-order valence-electron chi connectivity index (χ1n) is 3.93. The number of rotatable bonds is 4. The largest absolute Gasteiger partial charge is 0.394 e. The van der Waals surface area contributed by atoms with Gasteiger partial charge < -0.3 is 9.84 Å². The van der Waals surface area contributed by atoms with Crippen LogP contribution in [0.5, 0.6) is 0 Å². The molecule has 0 atom stereocenters. The van der Waals surface area contributed by atoms with Crippen molar-refractivity contribution in [1.29, 1.82) is 0 Å². The molecular weight excluding hydrogens is 154 g/mol. The van der Waals surface area contributed by atoms with Crippen LogP contribution in [0.1, 0.15) is 11.3 Å². The summed E-state index contributed by atoms with van der Waals surface area (Å²) in [6, 6.07) is 3.91. The molecule has 0 saturated heterocycles. The normalized spacial score (nSPS) is 10.2. The minimum absolute atomic E-state index is 0.0614. The molecule has 0 radical (unpaired) electrons. The van der Waals surface area contributed by atoms with Gasteiger partial charge in [0.1, 0.15) is 0 Å². The van der Waals surface area contributed by atoms with Gasteiger partial charge in [-0.2, -0.15) is 0 Å². The molecule has 1 N–H and O–H groups in total. The summed E-state index contributed by atoms with van der Waals surface area (Å²) in [4.78, 5) is 4.14. The minimum atomic E-state index is 0.0614. The molecular formula is C9H13NO2. The molecule has 1 rings (SSSR count). The molecule has 1 heterocycles. The Kier molecular flexibility index (Phi) is 3.70. The van der Waals surface area contributed by atoms with Gasteiger partial charge in [-0.05, 0) is 18.6 Å². The van der Waals surface area contributed by atoms with E-state index in [1.807, 2.05) is 19.1 Å². The average molecular weight is 167 g/mol. The fourth-order valence-corrected chi connectivity index (χ4v) is 0.825. The lowest BCUT2D eigenvalue weighted by molar-refractivity contribution is 0.0797. The Hall–Kier alpha value is -0.930. The summed E-state index contributed by atoms with van der Waals surface area (Å²) in [5.74, 6) is 0. The van der Waals surface area contributed by atoms with E-state index in [0.29, 0.717) is 13.2 Å². The molecule has 0 spiro atoms. The van der Waals surface area contributed by atoms with E-state index in [4.69, 9.17) is 9.84 Å². The third kappa shape index (κ3) is 2.98. The first-order chi connectivity index (χ1) is 5.83. The van der Waals surface area contributed by atoms with Gasteiger partial charge >= 0.3 is 0 Å². The first kappa shape index (κ1) is 9.16. The summed E-state index contributed by atoms with van der Waals surface area (Å²) in [5, 5.41) is 8.44. The zero-order valence-electron chi connectivity index (χ0n) is 7.16. The van der Waals surface area contributed by atoms with Crippen LogP contribution in [0.4, 0.5) is 0 Å². The van der Waals surface area contributed by atoms with Gasteiger partial charge in [0.2, 0.25) is 0 Å². The summed E-state index contributed by atoms with van der Waals surface area (Å²) in [5.41, 5.74) is 2.04. The van der Waals surface area contributed by atoms with Crippen LogP contribution < -0.4 is 0 Å². The van der Waals surface area contributed by atoms with Gasteiger partial charge in [0.15, 0.2) is 0 Å². The van der Waals surface area contributed by atoms with Crippen molar-refractivity contribution < 1.29 is 9.84 Å². The molecule has 0 saturated carbocycles. The van der Waals surface area contributed by atoms with Crippen LogP contribution in [0.3, 0.4) is 0 Å². The monoisotopic (exact) mass is 167 g/mol. The van der Waals surface area contributed by atoms with Crippen LogP contribution in [0.25, 0.3) is 0 Å². The molecule has 0 aliphatic heterocycles. The van der Waals surface area contributed by atoms with Crippen LogP contribution >= 0.6 is 0 Å². The summed E-state index contributed by atoms with van der Waals surface area (Å²) >= 11 is 0. The Morgan fingerprint density at radius 1 is 1.50 bits per heavy atom. The fourth-order valence-electron chi connectivity index (χ4n) is 0.825. The molecule has 0 unspecified atom stereocenters. The minimum Gasteiger partial charge on any atom is -0.394 e. The van der Waals surface area contributed by atoms with Crippen molar-refractivity contribution >= 4 is 0 Å². The van der Waals surface area contributed by atoms with Crippen molar-refractivity contribution in [2.24, 2.45) is 0 Å². The van der Waals surface area contributed by atoms with E-state index in [1.54, 1.807) is 6.20 Å².